The predicted octanol–water partition coefficient (Wildman–Crippen LogP) is 3.79. The van der Waals surface area contributed by atoms with Crippen LogP contribution in [0.5, 0.6) is 0 Å². The zero-order valence-electron chi connectivity index (χ0n) is 10.0. The minimum absolute atomic E-state index is 0.273. The number of rotatable bonds is 5. The van der Waals surface area contributed by atoms with Gasteiger partial charge in [-0.3, -0.25) is 0 Å². The Balaban J connectivity index is 1.90. The predicted molar refractivity (Wildman–Crippen MR) is 72.5 cm³/mol. The molecule has 0 radical (unpaired) electrons. The molecule has 0 heterocycles. The molecule has 1 aliphatic rings. The monoisotopic (exact) mass is 292 g/mol. The highest BCUT2D eigenvalue weighted by Gasteiger charge is 2.42. The molecule has 0 unspecified atom stereocenters. The van der Waals surface area contributed by atoms with Crippen LogP contribution >= 0.6 is 15.9 Å². The summed E-state index contributed by atoms with van der Waals surface area (Å²) in [4.78, 5) is 0. The Kier molecular flexibility index (Phi) is 3.86. The van der Waals surface area contributed by atoms with Crippen LogP contribution in [0.25, 0.3) is 0 Å². The van der Waals surface area contributed by atoms with Crippen molar-refractivity contribution in [2.75, 3.05) is 6.54 Å². The summed E-state index contributed by atoms with van der Waals surface area (Å²) in [5.41, 5.74) is 1.56. The van der Waals surface area contributed by atoms with E-state index in [1.165, 1.54) is 18.4 Å². The minimum Gasteiger partial charge on any atom is -0.310 e. The van der Waals surface area contributed by atoms with Gasteiger partial charge in [0.15, 0.2) is 0 Å². The van der Waals surface area contributed by atoms with Crippen LogP contribution in [0.4, 0.5) is 0 Å². The van der Waals surface area contributed by atoms with Crippen molar-refractivity contribution < 1.29 is 0 Å². The van der Waals surface area contributed by atoms with E-state index in [4.69, 9.17) is 5.26 Å². The Morgan fingerprint density at radius 3 is 2.88 bits per heavy atom. The van der Waals surface area contributed by atoms with Crippen molar-refractivity contribution in [1.82, 2.24) is 5.32 Å². The highest BCUT2D eigenvalue weighted by atomic mass is 79.9. The first-order valence-electron chi connectivity index (χ1n) is 6.01. The molecule has 0 amide bonds. The Morgan fingerprint density at radius 2 is 2.29 bits per heavy atom. The quantitative estimate of drug-likeness (QED) is 0.896. The number of nitriles is 1. The van der Waals surface area contributed by atoms with E-state index in [1.54, 1.807) is 0 Å². The van der Waals surface area contributed by atoms with Crippen LogP contribution in [-0.4, -0.2) is 6.54 Å². The van der Waals surface area contributed by atoms with E-state index in [9.17, 15) is 0 Å². The third-order valence-electron chi connectivity index (χ3n) is 3.54. The van der Waals surface area contributed by atoms with Gasteiger partial charge in [0.05, 0.1) is 6.07 Å². The van der Waals surface area contributed by atoms with Crippen molar-refractivity contribution in [2.24, 2.45) is 5.41 Å². The fourth-order valence-electron chi connectivity index (χ4n) is 2.02. The molecule has 1 fully saturated rings. The van der Waals surface area contributed by atoms with Gasteiger partial charge in [-0.2, -0.15) is 5.26 Å². The molecule has 17 heavy (non-hydrogen) atoms. The number of halogens is 1. The lowest BCUT2D eigenvalue weighted by molar-refractivity contribution is 0.433. The van der Waals surface area contributed by atoms with Crippen molar-refractivity contribution >= 4 is 15.9 Å². The van der Waals surface area contributed by atoms with E-state index >= 15 is 0 Å². The molecule has 0 spiro atoms. The van der Waals surface area contributed by atoms with E-state index in [0.29, 0.717) is 12.5 Å². The molecule has 0 aliphatic heterocycles. The molecule has 3 heteroatoms. The van der Waals surface area contributed by atoms with Crippen molar-refractivity contribution in [3.05, 3.63) is 34.3 Å². The summed E-state index contributed by atoms with van der Waals surface area (Å²) in [6.45, 7) is 3.12. The Labute approximate surface area is 111 Å². The number of hydrogen-bond acceptors (Lipinski definition) is 2. The SMILES string of the molecule is C[C@H](NCC1(CC#N)CC1)c1cccc(Br)c1. The fraction of sp³-hybridized carbons (Fsp3) is 0.500. The Morgan fingerprint density at radius 1 is 1.53 bits per heavy atom. The topological polar surface area (TPSA) is 35.8 Å². The van der Waals surface area contributed by atoms with Crippen LogP contribution in [0.3, 0.4) is 0 Å². The smallest absolute Gasteiger partial charge is 0.0628 e. The van der Waals surface area contributed by atoms with E-state index in [2.05, 4.69) is 52.4 Å². The lowest BCUT2D eigenvalue weighted by Crippen LogP contribution is -2.26. The second-order valence-electron chi connectivity index (χ2n) is 4.99. The molecule has 1 aliphatic carbocycles. The standard InChI is InChI=1S/C14H17BrN2/c1-11(12-3-2-4-13(15)9-12)17-10-14(5-6-14)7-8-16/h2-4,9,11,17H,5-7,10H2,1H3/t11-/m0/s1. The number of nitrogens with zero attached hydrogens (tertiary/aromatic N) is 1. The fourth-order valence-corrected chi connectivity index (χ4v) is 2.44. The molecule has 1 aromatic rings. The number of benzene rings is 1. The highest BCUT2D eigenvalue weighted by molar-refractivity contribution is 9.10. The van der Waals surface area contributed by atoms with Gasteiger partial charge in [-0.1, -0.05) is 28.1 Å². The first kappa shape index (κ1) is 12.6. The van der Waals surface area contributed by atoms with Gasteiger partial charge in [0.1, 0.15) is 0 Å². The molecule has 1 saturated carbocycles. The lowest BCUT2D eigenvalue weighted by atomic mass is 10.0. The van der Waals surface area contributed by atoms with Crippen LogP contribution < -0.4 is 5.32 Å². The highest BCUT2D eigenvalue weighted by Crippen LogP contribution is 2.48. The van der Waals surface area contributed by atoms with Crippen LogP contribution in [-0.2, 0) is 0 Å². The third kappa shape index (κ3) is 3.31. The van der Waals surface area contributed by atoms with Gasteiger partial charge in [0, 0.05) is 23.5 Å². The van der Waals surface area contributed by atoms with Crippen molar-refractivity contribution in [1.29, 1.82) is 5.26 Å². The van der Waals surface area contributed by atoms with E-state index < -0.39 is 0 Å². The van der Waals surface area contributed by atoms with Gasteiger partial charge >= 0.3 is 0 Å². The summed E-state index contributed by atoms with van der Waals surface area (Å²) in [5.74, 6) is 0. The molecule has 0 bridgehead atoms. The normalized spacial score (nSPS) is 18.4. The van der Waals surface area contributed by atoms with Gasteiger partial charge in [-0.05, 0) is 42.9 Å². The zero-order chi connectivity index (χ0) is 12.3. The second-order valence-corrected chi connectivity index (χ2v) is 5.91. The van der Waals surface area contributed by atoms with E-state index in [0.717, 1.165) is 11.0 Å². The number of nitrogens with one attached hydrogen (secondary N) is 1. The Hall–Kier alpha value is -0.850. The van der Waals surface area contributed by atoms with Crippen molar-refractivity contribution in [3.63, 3.8) is 0 Å². The summed E-state index contributed by atoms with van der Waals surface area (Å²) in [6, 6.07) is 11.0. The van der Waals surface area contributed by atoms with Crippen LogP contribution in [0.15, 0.2) is 28.7 Å². The molecule has 0 aromatic heterocycles. The minimum atomic E-state index is 0.273. The molecular formula is C14H17BrN2. The zero-order valence-corrected chi connectivity index (χ0v) is 11.6. The Bertz CT molecular complexity index is 432. The van der Waals surface area contributed by atoms with Crippen molar-refractivity contribution in [2.45, 2.75) is 32.2 Å². The largest absolute Gasteiger partial charge is 0.310 e. The summed E-state index contributed by atoms with van der Waals surface area (Å²) in [5, 5.41) is 12.3. The van der Waals surface area contributed by atoms with Gasteiger partial charge in [-0.25, -0.2) is 0 Å². The molecule has 1 atom stereocenters. The molecule has 1 aromatic carbocycles. The van der Waals surface area contributed by atoms with Crippen LogP contribution in [0.2, 0.25) is 0 Å². The molecule has 2 nitrogen and oxygen atoms in total. The summed E-state index contributed by atoms with van der Waals surface area (Å²) >= 11 is 3.49. The van der Waals surface area contributed by atoms with Gasteiger partial charge < -0.3 is 5.32 Å². The second kappa shape index (κ2) is 5.20. The van der Waals surface area contributed by atoms with E-state index in [-0.39, 0.29) is 5.41 Å². The van der Waals surface area contributed by atoms with Crippen molar-refractivity contribution in [3.8, 4) is 6.07 Å². The van der Waals surface area contributed by atoms with E-state index in [1.807, 2.05) is 6.07 Å². The van der Waals surface area contributed by atoms with Crippen LogP contribution in [0.1, 0.15) is 37.8 Å². The molecular weight excluding hydrogens is 276 g/mol. The molecule has 0 saturated heterocycles. The summed E-state index contributed by atoms with van der Waals surface area (Å²) in [7, 11) is 0. The van der Waals surface area contributed by atoms with Gasteiger partial charge in [-0.15, -0.1) is 0 Å². The third-order valence-corrected chi connectivity index (χ3v) is 4.04. The van der Waals surface area contributed by atoms with Gasteiger partial charge in [0.2, 0.25) is 0 Å². The number of hydrogen-bond donors (Lipinski definition) is 1. The first-order valence-corrected chi connectivity index (χ1v) is 6.80. The molecule has 90 valence electrons. The lowest BCUT2D eigenvalue weighted by Gasteiger charge is -2.18. The first-order chi connectivity index (χ1) is 8.15. The average Bonchev–Trinajstić information content (AvgIpc) is 3.07. The average molecular weight is 293 g/mol. The molecule has 2 rings (SSSR count). The summed E-state index contributed by atoms with van der Waals surface area (Å²) < 4.78 is 1.11. The maximum absolute atomic E-state index is 8.78. The maximum Gasteiger partial charge on any atom is 0.0628 e. The molecule has 1 N–H and O–H groups in total. The maximum atomic E-state index is 8.78. The van der Waals surface area contributed by atoms with Crippen LogP contribution in [0, 0.1) is 16.7 Å². The van der Waals surface area contributed by atoms with Gasteiger partial charge in [0.25, 0.3) is 0 Å². The summed E-state index contributed by atoms with van der Waals surface area (Å²) in [6.07, 6.45) is 3.07.